The Morgan fingerprint density at radius 2 is 1.90 bits per heavy atom. The van der Waals surface area contributed by atoms with Crippen LogP contribution in [-0.4, -0.2) is 41.7 Å². The number of amides is 1. The summed E-state index contributed by atoms with van der Waals surface area (Å²) in [4.78, 5) is 15.4. The maximum absolute atomic E-state index is 13.5. The summed E-state index contributed by atoms with van der Waals surface area (Å²) in [7, 11) is 0. The van der Waals surface area contributed by atoms with Crippen LogP contribution in [0.25, 0.3) is 11.3 Å². The Bertz CT molecular complexity index is 1210. The molecule has 0 N–H and O–H groups in total. The molecule has 1 saturated heterocycles. The molecule has 4 heterocycles. The highest BCUT2D eigenvalue weighted by molar-refractivity contribution is 5.95. The molecule has 1 atom stereocenters. The van der Waals surface area contributed by atoms with Crippen LogP contribution < -0.4 is 0 Å². The Labute approximate surface area is 168 Å². The third kappa shape index (κ3) is 2.81. The average Bonchev–Trinajstić information content (AvgIpc) is 3.45. The van der Waals surface area contributed by atoms with Crippen molar-refractivity contribution in [3.63, 3.8) is 0 Å². The average molecular weight is 386 g/mol. The minimum absolute atomic E-state index is 0.00230. The first-order valence-corrected chi connectivity index (χ1v) is 9.86. The van der Waals surface area contributed by atoms with Crippen molar-refractivity contribution in [2.24, 2.45) is 0 Å². The van der Waals surface area contributed by atoms with Crippen LogP contribution in [0.5, 0.6) is 0 Å². The normalized spacial score (nSPS) is 16.6. The topological polar surface area (TPSA) is 68.3 Å². The van der Waals surface area contributed by atoms with Gasteiger partial charge < -0.3 is 4.90 Å². The Hall–Kier alpha value is -3.48. The van der Waals surface area contributed by atoms with Gasteiger partial charge in [0.05, 0.1) is 29.2 Å². The first-order valence-electron chi connectivity index (χ1n) is 9.86. The minimum Gasteiger partial charge on any atom is -0.328 e. The fourth-order valence-corrected chi connectivity index (χ4v) is 4.18. The van der Waals surface area contributed by atoms with Crippen molar-refractivity contribution in [1.29, 1.82) is 0 Å². The molecule has 3 aromatic heterocycles. The molecule has 146 valence electrons. The van der Waals surface area contributed by atoms with Crippen molar-refractivity contribution in [3.8, 4) is 5.69 Å². The lowest BCUT2D eigenvalue weighted by molar-refractivity contribution is 0.0728. The highest BCUT2D eigenvalue weighted by atomic mass is 16.2. The van der Waals surface area contributed by atoms with E-state index >= 15 is 0 Å². The molecule has 1 aliphatic rings. The highest BCUT2D eigenvalue weighted by Crippen LogP contribution is 2.33. The van der Waals surface area contributed by atoms with Crippen molar-refractivity contribution in [2.45, 2.75) is 32.7 Å². The summed E-state index contributed by atoms with van der Waals surface area (Å²) < 4.78 is 3.82. The van der Waals surface area contributed by atoms with E-state index in [1.807, 2.05) is 76.5 Å². The molecule has 1 aromatic carbocycles. The molecule has 1 amide bonds. The van der Waals surface area contributed by atoms with Gasteiger partial charge in [-0.1, -0.05) is 24.3 Å². The SMILES string of the molecule is Cc1ccccc1-n1ncc(C(=O)N2CCCC2c2nnc3ccccn23)c1C. The lowest BCUT2D eigenvalue weighted by Gasteiger charge is -2.23. The van der Waals surface area contributed by atoms with Crippen LogP contribution in [0.2, 0.25) is 0 Å². The van der Waals surface area contributed by atoms with Gasteiger partial charge >= 0.3 is 0 Å². The molecule has 4 aromatic rings. The number of nitrogens with zero attached hydrogens (tertiary/aromatic N) is 6. The van der Waals surface area contributed by atoms with Crippen LogP contribution in [0.4, 0.5) is 0 Å². The van der Waals surface area contributed by atoms with E-state index in [1.54, 1.807) is 6.20 Å². The van der Waals surface area contributed by atoms with Gasteiger partial charge in [0.25, 0.3) is 5.91 Å². The van der Waals surface area contributed by atoms with Crippen LogP contribution in [0.1, 0.15) is 46.3 Å². The first kappa shape index (κ1) is 17.6. The number of rotatable bonds is 3. The van der Waals surface area contributed by atoms with Gasteiger partial charge in [0.15, 0.2) is 11.5 Å². The van der Waals surface area contributed by atoms with Gasteiger partial charge in [-0.2, -0.15) is 5.10 Å². The number of para-hydroxylation sites is 1. The number of carbonyl (C=O) groups is 1. The maximum atomic E-state index is 13.5. The Kier molecular flexibility index (Phi) is 4.16. The monoisotopic (exact) mass is 386 g/mol. The van der Waals surface area contributed by atoms with E-state index in [9.17, 15) is 4.79 Å². The zero-order chi connectivity index (χ0) is 20.0. The molecule has 0 radical (unpaired) electrons. The molecule has 0 bridgehead atoms. The van der Waals surface area contributed by atoms with E-state index < -0.39 is 0 Å². The lowest BCUT2D eigenvalue weighted by Crippen LogP contribution is -2.31. The van der Waals surface area contributed by atoms with E-state index in [0.29, 0.717) is 12.1 Å². The van der Waals surface area contributed by atoms with Gasteiger partial charge in [-0.3, -0.25) is 9.20 Å². The summed E-state index contributed by atoms with van der Waals surface area (Å²) in [5, 5.41) is 13.2. The third-order valence-corrected chi connectivity index (χ3v) is 5.74. The zero-order valence-electron chi connectivity index (χ0n) is 16.5. The van der Waals surface area contributed by atoms with Gasteiger partial charge in [0.2, 0.25) is 0 Å². The Balaban J connectivity index is 1.50. The van der Waals surface area contributed by atoms with Crippen LogP contribution in [0.15, 0.2) is 54.9 Å². The second-order valence-electron chi connectivity index (χ2n) is 7.49. The molecule has 7 nitrogen and oxygen atoms in total. The third-order valence-electron chi connectivity index (χ3n) is 5.74. The molecule has 29 heavy (non-hydrogen) atoms. The van der Waals surface area contributed by atoms with Crippen LogP contribution >= 0.6 is 0 Å². The number of hydrogen-bond acceptors (Lipinski definition) is 4. The summed E-state index contributed by atoms with van der Waals surface area (Å²) in [6.07, 6.45) is 5.46. The van der Waals surface area contributed by atoms with E-state index in [0.717, 1.165) is 41.3 Å². The van der Waals surface area contributed by atoms with Crippen molar-refractivity contribution in [1.82, 2.24) is 29.3 Å². The summed E-state index contributed by atoms with van der Waals surface area (Å²) in [6.45, 7) is 4.70. The number of carbonyl (C=O) groups excluding carboxylic acids is 1. The fraction of sp³-hybridized carbons (Fsp3) is 0.273. The number of benzene rings is 1. The minimum atomic E-state index is -0.0823. The quantitative estimate of drug-likeness (QED) is 0.540. The Morgan fingerprint density at radius 1 is 1.07 bits per heavy atom. The number of pyridine rings is 1. The predicted molar refractivity (Wildman–Crippen MR) is 109 cm³/mol. The molecular formula is C22H22N6O. The first-order chi connectivity index (χ1) is 14.1. The summed E-state index contributed by atoms with van der Waals surface area (Å²) >= 11 is 0. The molecule has 7 heteroatoms. The molecule has 5 rings (SSSR count). The van der Waals surface area contributed by atoms with Crippen molar-refractivity contribution in [2.75, 3.05) is 6.54 Å². The number of aryl methyl sites for hydroxylation is 1. The molecule has 1 unspecified atom stereocenters. The van der Waals surface area contributed by atoms with E-state index in [2.05, 4.69) is 15.3 Å². The number of aromatic nitrogens is 5. The lowest BCUT2D eigenvalue weighted by atomic mass is 10.1. The van der Waals surface area contributed by atoms with Gasteiger partial charge in [-0.25, -0.2) is 4.68 Å². The fourth-order valence-electron chi connectivity index (χ4n) is 4.18. The molecule has 0 spiro atoms. The summed E-state index contributed by atoms with van der Waals surface area (Å²) in [6, 6.07) is 13.8. The van der Waals surface area contributed by atoms with E-state index in [1.165, 1.54) is 0 Å². The smallest absolute Gasteiger partial charge is 0.257 e. The molecule has 0 aliphatic carbocycles. The standard InChI is InChI=1S/C22H22N6O/c1-15-8-3-4-9-18(15)28-16(2)17(14-23-28)22(29)26-13-7-10-19(26)21-25-24-20-11-5-6-12-27(20)21/h3-6,8-9,11-12,14,19H,7,10,13H2,1-2H3. The zero-order valence-corrected chi connectivity index (χ0v) is 16.5. The second-order valence-corrected chi connectivity index (χ2v) is 7.49. The van der Waals surface area contributed by atoms with Crippen LogP contribution in [-0.2, 0) is 0 Å². The highest BCUT2D eigenvalue weighted by Gasteiger charge is 2.35. The van der Waals surface area contributed by atoms with Crippen molar-refractivity contribution < 1.29 is 4.79 Å². The Morgan fingerprint density at radius 3 is 2.76 bits per heavy atom. The molecule has 1 fully saturated rings. The van der Waals surface area contributed by atoms with Crippen molar-refractivity contribution >= 4 is 11.6 Å². The maximum Gasteiger partial charge on any atom is 0.257 e. The molecular weight excluding hydrogens is 364 g/mol. The number of fused-ring (bicyclic) bond motifs is 1. The van der Waals surface area contributed by atoms with Gasteiger partial charge in [0, 0.05) is 12.7 Å². The van der Waals surface area contributed by atoms with Gasteiger partial charge in [0.1, 0.15) is 0 Å². The largest absolute Gasteiger partial charge is 0.328 e. The summed E-state index contributed by atoms with van der Waals surface area (Å²) in [5.74, 6) is 0.813. The summed E-state index contributed by atoms with van der Waals surface area (Å²) in [5.41, 5.74) is 4.39. The second kappa shape index (κ2) is 6.84. The van der Waals surface area contributed by atoms with E-state index in [-0.39, 0.29) is 11.9 Å². The van der Waals surface area contributed by atoms with Gasteiger partial charge in [-0.05, 0) is 50.5 Å². The van der Waals surface area contributed by atoms with Crippen LogP contribution in [0.3, 0.4) is 0 Å². The van der Waals surface area contributed by atoms with Crippen LogP contribution in [0, 0.1) is 13.8 Å². The van der Waals surface area contributed by atoms with Gasteiger partial charge in [-0.15, -0.1) is 10.2 Å². The van der Waals surface area contributed by atoms with Crippen molar-refractivity contribution in [3.05, 3.63) is 77.5 Å². The van der Waals surface area contributed by atoms with E-state index in [4.69, 9.17) is 0 Å². The number of hydrogen-bond donors (Lipinski definition) is 0. The predicted octanol–water partition coefficient (Wildman–Crippen LogP) is 3.51. The molecule has 1 aliphatic heterocycles. The molecule has 0 saturated carbocycles. The number of likely N-dealkylation sites (tertiary alicyclic amines) is 1.